The van der Waals surface area contributed by atoms with Crippen molar-refractivity contribution in [3.8, 4) is 0 Å². The Morgan fingerprint density at radius 1 is 1.50 bits per heavy atom. The highest BCUT2D eigenvalue weighted by molar-refractivity contribution is 8.13. The molecular formula is C12H18ClN3O3S. The molecule has 2 unspecified atom stereocenters. The first-order chi connectivity index (χ1) is 9.27. The van der Waals surface area contributed by atoms with E-state index in [4.69, 9.17) is 10.7 Å². The third-order valence-corrected chi connectivity index (χ3v) is 5.28. The molecule has 1 aliphatic rings. The van der Waals surface area contributed by atoms with E-state index in [0.717, 1.165) is 19.3 Å². The molecular weight excluding hydrogens is 302 g/mol. The summed E-state index contributed by atoms with van der Waals surface area (Å²) in [6.45, 7) is 5.50. The molecule has 8 heteroatoms. The maximum atomic E-state index is 12.6. The normalized spacial score (nSPS) is 23.3. The van der Waals surface area contributed by atoms with E-state index < -0.39 is 9.05 Å². The number of amides is 1. The van der Waals surface area contributed by atoms with Crippen molar-refractivity contribution in [1.29, 1.82) is 0 Å². The van der Waals surface area contributed by atoms with Gasteiger partial charge in [0.2, 0.25) is 0 Å². The maximum absolute atomic E-state index is 12.6. The van der Waals surface area contributed by atoms with Gasteiger partial charge in [-0.15, -0.1) is 0 Å². The molecule has 0 aliphatic carbocycles. The summed E-state index contributed by atoms with van der Waals surface area (Å²) in [6, 6.07) is 0.204. The Balaban J connectivity index is 2.45. The van der Waals surface area contributed by atoms with Crippen LogP contribution in [0.2, 0.25) is 0 Å². The fourth-order valence-electron chi connectivity index (χ4n) is 2.82. The number of hydrogen-bond donors (Lipinski definition) is 1. The molecule has 2 atom stereocenters. The molecule has 0 radical (unpaired) electrons. The average Bonchev–Trinajstić information content (AvgIpc) is 2.90. The summed E-state index contributed by atoms with van der Waals surface area (Å²) in [6.07, 6.45) is 2.68. The summed E-state index contributed by atoms with van der Waals surface area (Å²) in [4.78, 5) is 14.1. The van der Waals surface area contributed by atoms with Gasteiger partial charge in [-0.05, 0) is 33.1 Å². The van der Waals surface area contributed by atoms with Crippen molar-refractivity contribution < 1.29 is 13.2 Å². The molecule has 20 heavy (non-hydrogen) atoms. The first kappa shape index (κ1) is 15.3. The molecule has 0 aromatic carbocycles. The first-order valence-electron chi connectivity index (χ1n) is 6.59. The van der Waals surface area contributed by atoms with Crippen LogP contribution in [0, 0.1) is 6.92 Å². The fourth-order valence-corrected chi connectivity index (χ4v) is 4.16. The van der Waals surface area contributed by atoms with Crippen LogP contribution in [0.1, 0.15) is 49.3 Å². The second kappa shape index (κ2) is 5.37. The van der Waals surface area contributed by atoms with E-state index in [1.165, 1.54) is 6.92 Å². The molecule has 1 aliphatic heterocycles. The molecule has 1 aromatic rings. The van der Waals surface area contributed by atoms with Crippen LogP contribution < -0.4 is 0 Å². The number of carbonyl (C=O) groups excluding carboxylic acids is 1. The van der Waals surface area contributed by atoms with Crippen molar-refractivity contribution in [2.75, 3.05) is 0 Å². The quantitative estimate of drug-likeness (QED) is 0.864. The van der Waals surface area contributed by atoms with Gasteiger partial charge in [0.1, 0.15) is 4.90 Å². The molecule has 1 N–H and O–H groups in total. The van der Waals surface area contributed by atoms with E-state index in [1.807, 2.05) is 13.8 Å². The zero-order valence-corrected chi connectivity index (χ0v) is 13.3. The monoisotopic (exact) mass is 319 g/mol. The van der Waals surface area contributed by atoms with Crippen LogP contribution in [0.5, 0.6) is 0 Å². The summed E-state index contributed by atoms with van der Waals surface area (Å²) >= 11 is 0. The summed E-state index contributed by atoms with van der Waals surface area (Å²) in [5.74, 6) is -0.370. The predicted molar refractivity (Wildman–Crippen MR) is 75.3 cm³/mol. The van der Waals surface area contributed by atoms with Crippen LogP contribution >= 0.6 is 10.7 Å². The second-order valence-corrected chi connectivity index (χ2v) is 7.67. The SMILES string of the molecule is CCC1CCC(C)N1C(=O)c1n[nH]c(C)c1S(=O)(=O)Cl. The van der Waals surface area contributed by atoms with Crippen LogP contribution in [0.3, 0.4) is 0 Å². The Kier molecular flexibility index (Phi) is 4.11. The number of aromatic amines is 1. The van der Waals surface area contributed by atoms with Crippen molar-refractivity contribution in [3.05, 3.63) is 11.4 Å². The number of carbonyl (C=O) groups is 1. The van der Waals surface area contributed by atoms with E-state index in [0.29, 0.717) is 0 Å². The Morgan fingerprint density at radius 2 is 2.15 bits per heavy atom. The Hall–Kier alpha value is -1.08. The molecule has 1 amide bonds. The number of hydrogen-bond acceptors (Lipinski definition) is 4. The summed E-state index contributed by atoms with van der Waals surface area (Å²) in [7, 11) is 1.40. The molecule has 1 saturated heterocycles. The van der Waals surface area contributed by atoms with Gasteiger partial charge in [-0.25, -0.2) is 8.42 Å². The van der Waals surface area contributed by atoms with E-state index in [-0.39, 0.29) is 34.3 Å². The molecule has 0 bridgehead atoms. The van der Waals surface area contributed by atoms with Gasteiger partial charge in [0.25, 0.3) is 15.0 Å². The first-order valence-corrected chi connectivity index (χ1v) is 8.90. The van der Waals surface area contributed by atoms with Gasteiger partial charge in [-0.1, -0.05) is 6.92 Å². The van der Waals surface area contributed by atoms with Gasteiger partial charge < -0.3 is 4.90 Å². The second-order valence-electron chi connectivity index (χ2n) is 5.17. The highest BCUT2D eigenvalue weighted by Crippen LogP contribution is 2.30. The van der Waals surface area contributed by atoms with Crippen LogP contribution in [0.4, 0.5) is 0 Å². The summed E-state index contributed by atoms with van der Waals surface area (Å²) in [5.41, 5.74) is 0.174. The number of H-pyrrole nitrogens is 1. The molecule has 1 fully saturated rings. The lowest BCUT2D eigenvalue weighted by Crippen LogP contribution is -2.40. The number of nitrogens with one attached hydrogen (secondary N) is 1. The van der Waals surface area contributed by atoms with Crippen molar-refractivity contribution in [2.45, 2.75) is 57.0 Å². The molecule has 1 aromatic heterocycles. The van der Waals surface area contributed by atoms with Crippen molar-refractivity contribution in [3.63, 3.8) is 0 Å². The fraction of sp³-hybridized carbons (Fsp3) is 0.667. The molecule has 6 nitrogen and oxygen atoms in total. The number of halogens is 1. The molecule has 2 heterocycles. The largest absolute Gasteiger partial charge is 0.332 e. The van der Waals surface area contributed by atoms with Crippen molar-refractivity contribution in [1.82, 2.24) is 15.1 Å². The van der Waals surface area contributed by atoms with Gasteiger partial charge in [-0.2, -0.15) is 5.10 Å². The average molecular weight is 320 g/mol. The van der Waals surface area contributed by atoms with Crippen LogP contribution in [0.15, 0.2) is 4.90 Å². The predicted octanol–water partition coefficient (Wildman–Crippen LogP) is 2.05. The molecule has 0 spiro atoms. The highest BCUT2D eigenvalue weighted by atomic mass is 35.7. The van der Waals surface area contributed by atoms with Crippen LogP contribution in [0.25, 0.3) is 0 Å². The number of rotatable bonds is 3. The smallest absolute Gasteiger partial charge is 0.276 e. The zero-order chi connectivity index (χ0) is 15.1. The molecule has 0 saturated carbocycles. The van der Waals surface area contributed by atoms with Gasteiger partial charge in [0.15, 0.2) is 5.69 Å². The number of aromatic nitrogens is 2. The third kappa shape index (κ3) is 2.56. The number of nitrogens with zero attached hydrogens (tertiary/aromatic N) is 2. The van der Waals surface area contributed by atoms with Gasteiger partial charge in [-0.3, -0.25) is 9.89 Å². The summed E-state index contributed by atoms with van der Waals surface area (Å²) in [5, 5.41) is 6.38. The van der Waals surface area contributed by atoms with Crippen molar-refractivity contribution >= 4 is 25.6 Å². The van der Waals surface area contributed by atoms with Crippen LogP contribution in [-0.2, 0) is 9.05 Å². The molecule has 2 rings (SSSR count). The number of aryl methyl sites for hydroxylation is 1. The lowest BCUT2D eigenvalue weighted by atomic mass is 10.1. The standard InChI is InChI=1S/C12H18ClN3O3S/c1-4-9-6-5-7(2)16(9)12(17)10-11(20(13,18)19)8(3)14-15-10/h7,9H,4-6H2,1-3H3,(H,14,15). The third-order valence-electron chi connectivity index (χ3n) is 3.83. The van der Waals surface area contributed by atoms with E-state index in [1.54, 1.807) is 4.90 Å². The Morgan fingerprint density at radius 3 is 2.70 bits per heavy atom. The highest BCUT2D eigenvalue weighted by Gasteiger charge is 2.37. The van der Waals surface area contributed by atoms with E-state index >= 15 is 0 Å². The van der Waals surface area contributed by atoms with Gasteiger partial charge in [0, 0.05) is 22.8 Å². The lowest BCUT2D eigenvalue weighted by molar-refractivity contribution is 0.0666. The minimum absolute atomic E-state index is 0.0790. The van der Waals surface area contributed by atoms with Crippen LogP contribution in [-0.4, -0.2) is 41.5 Å². The lowest BCUT2D eigenvalue weighted by Gasteiger charge is -2.27. The minimum Gasteiger partial charge on any atom is -0.332 e. The Labute approximate surface area is 122 Å². The summed E-state index contributed by atoms with van der Waals surface area (Å²) < 4.78 is 23.2. The maximum Gasteiger partial charge on any atom is 0.276 e. The van der Waals surface area contributed by atoms with E-state index in [9.17, 15) is 13.2 Å². The zero-order valence-electron chi connectivity index (χ0n) is 11.7. The van der Waals surface area contributed by atoms with E-state index in [2.05, 4.69) is 10.2 Å². The number of likely N-dealkylation sites (tertiary alicyclic amines) is 1. The van der Waals surface area contributed by atoms with Crippen molar-refractivity contribution in [2.24, 2.45) is 0 Å². The van der Waals surface area contributed by atoms with Gasteiger partial charge in [0.05, 0.1) is 5.69 Å². The van der Waals surface area contributed by atoms with Gasteiger partial charge >= 0.3 is 0 Å². The Bertz CT molecular complexity index is 626. The molecule has 112 valence electrons. The topological polar surface area (TPSA) is 83.1 Å². The minimum atomic E-state index is -4.01.